The van der Waals surface area contributed by atoms with E-state index in [1.54, 1.807) is 0 Å². The Kier molecular flexibility index (Phi) is 3.11. The minimum atomic E-state index is 0.377. The second-order valence-electron chi connectivity index (χ2n) is 4.49. The van der Waals surface area contributed by atoms with E-state index in [0.717, 1.165) is 16.8 Å². The third-order valence-corrected chi connectivity index (χ3v) is 3.04. The molecule has 3 nitrogen and oxygen atoms in total. The van der Waals surface area contributed by atoms with Gasteiger partial charge in [0.25, 0.3) is 0 Å². The molecule has 2 aromatic rings. The van der Waals surface area contributed by atoms with E-state index in [0.29, 0.717) is 16.6 Å². The van der Waals surface area contributed by atoms with Crippen LogP contribution in [0.4, 0.5) is 5.69 Å². The SMILES string of the molecule is CC(C)c1nn(C)cc1-c1ccc(N)c(Cl)c1. The zero-order chi connectivity index (χ0) is 12.6. The smallest absolute Gasteiger partial charge is 0.0728 e. The van der Waals surface area contributed by atoms with Crippen LogP contribution in [0.25, 0.3) is 11.1 Å². The topological polar surface area (TPSA) is 43.8 Å². The Balaban J connectivity index is 2.55. The molecule has 0 radical (unpaired) electrons. The number of nitrogens with zero attached hydrogens (tertiary/aromatic N) is 2. The van der Waals surface area contributed by atoms with Crippen LogP contribution in [0.5, 0.6) is 0 Å². The summed E-state index contributed by atoms with van der Waals surface area (Å²) in [7, 11) is 1.92. The summed E-state index contributed by atoms with van der Waals surface area (Å²) in [5, 5.41) is 5.07. The number of benzene rings is 1. The Labute approximate surface area is 106 Å². The van der Waals surface area contributed by atoms with Gasteiger partial charge in [0, 0.05) is 18.8 Å². The van der Waals surface area contributed by atoms with Crippen molar-refractivity contribution < 1.29 is 0 Å². The minimum absolute atomic E-state index is 0.377. The van der Waals surface area contributed by atoms with E-state index in [9.17, 15) is 0 Å². The zero-order valence-electron chi connectivity index (χ0n) is 10.2. The molecule has 2 N–H and O–H groups in total. The first-order valence-electron chi connectivity index (χ1n) is 5.58. The molecule has 0 atom stereocenters. The van der Waals surface area contributed by atoms with Gasteiger partial charge in [0.2, 0.25) is 0 Å². The van der Waals surface area contributed by atoms with Crippen molar-refractivity contribution in [3.8, 4) is 11.1 Å². The molecule has 2 rings (SSSR count). The first-order chi connectivity index (χ1) is 7.99. The van der Waals surface area contributed by atoms with Gasteiger partial charge in [-0.2, -0.15) is 5.10 Å². The van der Waals surface area contributed by atoms with Crippen LogP contribution in [0.1, 0.15) is 25.5 Å². The van der Waals surface area contributed by atoms with Crippen LogP contribution in [0.3, 0.4) is 0 Å². The average molecular weight is 250 g/mol. The quantitative estimate of drug-likeness (QED) is 0.829. The Morgan fingerprint density at radius 1 is 1.35 bits per heavy atom. The van der Waals surface area contributed by atoms with Crippen LogP contribution in [-0.4, -0.2) is 9.78 Å². The Hall–Kier alpha value is -1.48. The molecule has 4 heteroatoms. The van der Waals surface area contributed by atoms with E-state index in [4.69, 9.17) is 17.3 Å². The maximum absolute atomic E-state index is 6.05. The molecule has 17 heavy (non-hydrogen) atoms. The minimum Gasteiger partial charge on any atom is -0.398 e. The molecule has 0 aliphatic heterocycles. The van der Waals surface area contributed by atoms with E-state index in [1.807, 2.05) is 36.1 Å². The molecule has 90 valence electrons. The van der Waals surface area contributed by atoms with Crippen molar-refractivity contribution in [1.29, 1.82) is 0 Å². The van der Waals surface area contributed by atoms with Gasteiger partial charge in [0.1, 0.15) is 0 Å². The Morgan fingerprint density at radius 3 is 2.65 bits per heavy atom. The lowest BCUT2D eigenvalue weighted by Gasteiger charge is -2.06. The molecular weight excluding hydrogens is 234 g/mol. The Bertz CT molecular complexity index is 544. The highest BCUT2D eigenvalue weighted by molar-refractivity contribution is 6.33. The molecule has 1 aromatic heterocycles. The summed E-state index contributed by atoms with van der Waals surface area (Å²) in [6.45, 7) is 4.26. The van der Waals surface area contributed by atoms with Gasteiger partial charge in [-0.25, -0.2) is 0 Å². The van der Waals surface area contributed by atoms with Gasteiger partial charge in [-0.05, 0) is 23.6 Å². The predicted molar refractivity (Wildman–Crippen MR) is 72.2 cm³/mol. The summed E-state index contributed by atoms with van der Waals surface area (Å²) in [6.07, 6.45) is 2.01. The lowest BCUT2D eigenvalue weighted by atomic mass is 10.00. The number of anilines is 1. The highest BCUT2D eigenvalue weighted by Gasteiger charge is 2.13. The van der Waals surface area contributed by atoms with E-state index in [1.165, 1.54) is 0 Å². The van der Waals surface area contributed by atoms with Gasteiger partial charge in [-0.1, -0.05) is 31.5 Å². The van der Waals surface area contributed by atoms with Crippen molar-refractivity contribution in [2.24, 2.45) is 7.05 Å². The summed E-state index contributed by atoms with van der Waals surface area (Å²) >= 11 is 6.05. The third kappa shape index (κ3) is 2.29. The van der Waals surface area contributed by atoms with Gasteiger partial charge >= 0.3 is 0 Å². The molecule has 0 unspecified atom stereocenters. The summed E-state index contributed by atoms with van der Waals surface area (Å²) in [6, 6.07) is 5.69. The van der Waals surface area contributed by atoms with Crippen LogP contribution in [0.2, 0.25) is 5.02 Å². The van der Waals surface area contributed by atoms with Crippen molar-refractivity contribution in [2.45, 2.75) is 19.8 Å². The van der Waals surface area contributed by atoms with Gasteiger partial charge in [-0.15, -0.1) is 0 Å². The van der Waals surface area contributed by atoms with Gasteiger partial charge in [0.05, 0.1) is 16.4 Å². The van der Waals surface area contributed by atoms with E-state index in [2.05, 4.69) is 18.9 Å². The molecule has 0 aliphatic carbocycles. The van der Waals surface area contributed by atoms with Crippen LogP contribution in [-0.2, 0) is 7.05 Å². The van der Waals surface area contributed by atoms with Crippen LogP contribution < -0.4 is 5.73 Å². The lowest BCUT2D eigenvalue weighted by molar-refractivity contribution is 0.713. The second kappa shape index (κ2) is 4.41. The molecule has 1 heterocycles. The standard InChI is InChI=1S/C13H16ClN3/c1-8(2)13-10(7-17(3)16-13)9-4-5-12(15)11(14)6-9/h4-8H,15H2,1-3H3. The number of nitrogens with two attached hydrogens (primary N) is 1. The van der Waals surface area contributed by atoms with Gasteiger partial charge < -0.3 is 5.73 Å². The van der Waals surface area contributed by atoms with E-state index < -0.39 is 0 Å². The second-order valence-corrected chi connectivity index (χ2v) is 4.90. The fraction of sp³-hybridized carbons (Fsp3) is 0.308. The number of hydrogen-bond donors (Lipinski definition) is 1. The van der Waals surface area contributed by atoms with Crippen LogP contribution >= 0.6 is 11.6 Å². The van der Waals surface area contributed by atoms with E-state index >= 15 is 0 Å². The molecule has 0 saturated heterocycles. The number of nitrogen functional groups attached to an aromatic ring is 1. The third-order valence-electron chi connectivity index (χ3n) is 2.72. The van der Waals surface area contributed by atoms with E-state index in [-0.39, 0.29) is 0 Å². The maximum Gasteiger partial charge on any atom is 0.0728 e. The van der Waals surface area contributed by atoms with Crippen molar-refractivity contribution in [3.05, 3.63) is 35.1 Å². The first-order valence-corrected chi connectivity index (χ1v) is 5.95. The monoisotopic (exact) mass is 249 g/mol. The number of hydrogen-bond acceptors (Lipinski definition) is 2. The molecule has 0 amide bonds. The van der Waals surface area contributed by atoms with Gasteiger partial charge in [-0.3, -0.25) is 4.68 Å². The molecule has 0 bridgehead atoms. The first kappa shape index (κ1) is 12.0. The molecule has 0 spiro atoms. The average Bonchev–Trinajstić information content (AvgIpc) is 2.64. The molecule has 0 aliphatic rings. The lowest BCUT2D eigenvalue weighted by Crippen LogP contribution is -1.94. The highest BCUT2D eigenvalue weighted by atomic mass is 35.5. The number of aryl methyl sites for hydroxylation is 1. The largest absolute Gasteiger partial charge is 0.398 e. The maximum atomic E-state index is 6.05. The molecule has 0 saturated carbocycles. The van der Waals surface area contributed by atoms with Gasteiger partial charge in [0.15, 0.2) is 0 Å². The zero-order valence-corrected chi connectivity index (χ0v) is 11.0. The summed E-state index contributed by atoms with van der Waals surface area (Å²) < 4.78 is 1.83. The summed E-state index contributed by atoms with van der Waals surface area (Å²) in [5.41, 5.74) is 9.57. The van der Waals surface area contributed by atoms with Crippen molar-refractivity contribution in [3.63, 3.8) is 0 Å². The number of aromatic nitrogens is 2. The predicted octanol–water partition coefficient (Wildman–Crippen LogP) is 3.45. The normalized spacial score (nSPS) is 11.1. The summed E-state index contributed by atoms with van der Waals surface area (Å²) in [4.78, 5) is 0. The Morgan fingerprint density at radius 2 is 2.06 bits per heavy atom. The molecule has 1 aromatic carbocycles. The van der Waals surface area contributed by atoms with Crippen LogP contribution in [0, 0.1) is 0 Å². The van der Waals surface area contributed by atoms with Crippen molar-refractivity contribution in [2.75, 3.05) is 5.73 Å². The highest BCUT2D eigenvalue weighted by Crippen LogP contribution is 2.31. The molecular formula is C13H16ClN3. The van der Waals surface area contributed by atoms with Crippen LogP contribution in [0.15, 0.2) is 24.4 Å². The fourth-order valence-electron chi connectivity index (χ4n) is 1.85. The summed E-state index contributed by atoms with van der Waals surface area (Å²) in [5.74, 6) is 0.377. The van der Waals surface area contributed by atoms with Crippen molar-refractivity contribution >= 4 is 17.3 Å². The number of rotatable bonds is 2. The fourth-order valence-corrected chi connectivity index (χ4v) is 2.03. The van der Waals surface area contributed by atoms with Crippen molar-refractivity contribution in [1.82, 2.24) is 9.78 Å². The molecule has 0 fully saturated rings. The number of halogens is 1.